The Labute approximate surface area is 119 Å². The summed E-state index contributed by atoms with van der Waals surface area (Å²) in [7, 11) is 0. The third-order valence-corrected chi connectivity index (χ3v) is 4.32. The molecule has 0 heterocycles. The highest BCUT2D eigenvalue weighted by molar-refractivity contribution is 6.33. The monoisotopic (exact) mass is 280 g/mol. The highest BCUT2D eigenvalue weighted by Gasteiger charge is 2.23. The molecule has 1 fully saturated rings. The highest BCUT2D eigenvalue weighted by Crippen LogP contribution is 2.27. The lowest BCUT2D eigenvalue weighted by molar-refractivity contribution is 0.0920. The lowest BCUT2D eigenvalue weighted by Gasteiger charge is -2.29. The minimum absolute atomic E-state index is 0.109. The van der Waals surface area contributed by atoms with E-state index >= 15 is 0 Å². The molecule has 1 aromatic carbocycles. The number of carbonyl (C=O) groups excluding carboxylic acids is 1. The lowest BCUT2D eigenvalue weighted by Crippen LogP contribution is -2.38. The van der Waals surface area contributed by atoms with E-state index in [1.165, 1.54) is 19.3 Å². The van der Waals surface area contributed by atoms with E-state index in [-0.39, 0.29) is 11.9 Å². The predicted octanol–water partition coefficient (Wildman–Crippen LogP) is 3.62. The molecule has 1 aromatic rings. The molecule has 1 aliphatic rings. The molecule has 3 N–H and O–H groups in total. The Morgan fingerprint density at radius 2 is 2.26 bits per heavy atom. The molecule has 1 saturated carbocycles. The van der Waals surface area contributed by atoms with Gasteiger partial charge in [-0.25, -0.2) is 0 Å². The molecule has 0 aliphatic heterocycles. The van der Waals surface area contributed by atoms with Crippen LogP contribution in [-0.2, 0) is 0 Å². The Kier molecular flexibility index (Phi) is 4.70. The van der Waals surface area contributed by atoms with E-state index in [9.17, 15) is 4.79 Å². The normalized spacial score (nSPS) is 23.1. The molecular formula is C15H21ClN2O. The van der Waals surface area contributed by atoms with Gasteiger partial charge in [0.1, 0.15) is 0 Å². The molecule has 19 heavy (non-hydrogen) atoms. The second kappa shape index (κ2) is 6.29. The van der Waals surface area contributed by atoms with Gasteiger partial charge in [-0.1, -0.05) is 43.9 Å². The summed E-state index contributed by atoms with van der Waals surface area (Å²) in [6, 6.07) is 5.44. The molecule has 0 bridgehead atoms. The topological polar surface area (TPSA) is 55.1 Å². The minimum Gasteiger partial charge on any atom is -0.397 e. The largest absolute Gasteiger partial charge is 0.397 e. The number of halogens is 1. The third-order valence-electron chi connectivity index (χ3n) is 3.99. The van der Waals surface area contributed by atoms with Gasteiger partial charge in [-0.05, 0) is 30.9 Å². The molecule has 2 atom stereocenters. The van der Waals surface area contributed by atoms with Gasteiger partial charge in [-0.3, -0.25) is 4.79 Å². The van der Waals surface area contributed by atoms with E-state index in [0.717, 1.165) is 18.8 Å². The first-order chi connectivity index (χ1) is 9.11. The van der Waals surface area contributed by atoms with Crippen molar-refractivity contribution >= 4 is 23.2 Å². The number of nitrogens with two attached hydrogens (primary N) is 1. The van der Waals surface area contributed by atoms with Crippen LogP contribution < -0.4 is 11.1 Å². The first kappa shape index (κ1) is 14.2. The summed E-state index contributed by atoms with van der Waals surface area (Å²) < 4.78 is 0. The first-order valence-corrected chi connectivity index (χ1v) is 7.34. The van der Waals surface area contributed by atoms with Gasteiger partial charge in [0, 0.05) is 6.04 Å². The van der Waals surface area contributed by atoms with Gasteiger partial charge in [-0.15, -0.1) is 0 Å². The third kappa shape index (κ3) is 3.41. The smallest absolute Gasteiger partial charge is 0.253 e. The molecule has 2 unspecified atom stereocenters. The number of nitrogens with one attached hydrogen (secondary N) is 1. The van der Waals surface area contributed by atoms with Crippen molar-refractivity contribution in [2.24, 2.45) is 5.92 Å². The molecule has 1 aliphatic carbocycles. The van der Waals surface area contributed by atoms with E-state index in [1.54, 1.807) is 18.2 Å². The average molecular weight is 281 g/mol. The van der Waals surface area contributed by atoms with Gasteiger partial charge in [0.2, 0.25) is 0 Å². The number of anilines is 1. The van der Waals surface area contributed by atoms with Gasteiger partial charge < -0.3 is 11.1 Å². The van der Waals surface area contributed by atoms with Gasteiger partial charge in [0.05, 0.1) is 16.3 Å². The van der Waals surface area contributed by atoms with Crippen molar-refractivity contribution in [3.8, 4) is 0 Å². The summed E-state index contributed by atoms with van der Waals surface area (Å²) in [5.41, 5.74) is 6.69. The minimum atomic E-state index is -0.109. The van der Waals surface area contributed by atoms with Gasteiger partial charge in [-0.2, -0.15) is 0 Å². The summed E-state index contributed by atoms with van der Waals surface area (Å²) in [6.45, 7) is 2.21. The molecule has 104 valence electrons. The summed E-state index contributed by atoms with van der Waals surface area (Å²) in [4.78, 5) is 12.2. The van der Waals surface area contributed by atoms with E-state index in [0.29, 0.717) is 16.3 Å². The maximum atomic E-state index is 12.2. The second-order valence-corrected chi connectivity index (χ2v) is 5.72. The van der Waals surface area contributed by atoms with Crippen molar-refractivity contribution in [1.82, 2.24) is 5.32 Å². The maximum absolute atomic E-state index is 12.2. The lowest BCUT2D eigenvalue weighted by atomic mass is 9.84. The number of hydrogen-bond acceptors (Lipinski definition) is 2. The van der Waals surface area contributed by atoms with Crippen LogP contribution in [0.5, 0.6) is 0 Å². The Bertz CT molecular complexity index is 461. The fraction of sp³-hybridized carbons (Fsp3) is 0.533. The average Bonchev–Trinajstić information content (AvgIpc) is 2.42. The molecular weight excluding hydrogens is 260 g/mol. The molecule has 0 radical (unpaired) electrons. The van der Waals surface area contributed by atoms with Crippen LogP contribution in [0.25, 0.3) is 0 Å². The highest BCUT2D eigenvalue weighted by atomic mass is 35.5. The van der Waals surface area contributed by atoms with Crippen LogP contribution in [0.2, 0.25) is 5.02 Å². The number of carbonyl (C=O) groups is 1. The van der Waals surface area contributed by atoms with Crippen molar-refractivity contribution in [3.05, 3.63) is 28.8 Å². The zero-order chi connectivity index (χ0) is 13.8. The maximum Gasteiger partial charge on any atom is 0.253 e. The molecule has 2 rings (SSSR count). The van der Waals surface area contributed by atoms with E-state index < -0.39 is 0 Å². The molecule has 4 heteroatoms. The fourth-order valence-corrected chi connectivity index (χ4v) is 2.97. The number of benzene rings is 1. The number of hydrogen-bond donors (Lipinski definition) is 2. The Morgan fingerprint density at radius 3 is 3.00 bits per heavy atom. The summed E-state index contributed by atoms with van der Waals surface area (Å²) in [6.07, 6.45) is 5.79. The van der Waals surface area contributed by atoms with Crippen molar-refractivity contribution in [1.29, 1.82) is 0 Å². The Morgan fingerprint density at radius 1 is 1.47 bits per heavy atom. The van der Waals surface area contributed by atoms with E-state index in [4.69, 9.17) is 17.3 Å². The number of para-hydroxylation sites is 1. The first-order valence-electron chi connectivity index (χ1n) is 6.96. The summed E-state index contributed by atoms with van der Waals surface area (Å²) >= 11 is 5.94. The van der Waals surface area contributed by atoms with Crippen LogP contribution in [0.4, 0.5) is 5.69 Å². The van der Waals surface area contributed by atoms with Crippen LogP contribution in [-0.4, -0.2) is 11.9 Å². The predicted molar refractivity (Wildman–Crippen MR) is 79.4 cm³/mol. The second-order valence-electron chi connectivity index (χ2n) is 5.31. The van der Waals surface area contributed by atoms with Crippen LogP contribution >= 0.6 is 11.6 Å². The van der Waals surface area contributed by atoms with Crippen LogP contribution in [0, 0.1) is 5.92 Å². The molecule has 0 aromatic heterocycles. The Hall–Kier alpha value is -1.22. The van der Waals surface area contributed by atoms with Crippen LogP contribution in [0.1, 0.15) is 49.4 Å². The number of amides is 1. The zero-order valence-corrected chi connectivity index (χ0v) is 12.0. The number of rotatable bonds is 3. The van der Waals surface area contributed by atoms with Crippen LogP contribution in [0.15, 0.2) is 18.2 Å². The van der Waals surface area contributed by atoms with E-state index in [2.05, 4.69) is 12.2 Å². The van der Waals surface area contributed by atoms with Crippen molar-refractivity contribution in [2.45, 2.75) is 45.1 Å². The van der Waals surface area contributed by atoms with Crippen LogP contribution in [0.3, 0.4) is 0 Å². The summed E-state index contributed by atoms with van der Waals surface area (Å²) in [5, 5.41) is 3.52. The quantitative estimate of drug-likeness (QED) is 0.831. The Balaban J connectivity index is 2.02. The summed E-state index contributed by atoms with van der Waals surface area (Å²) in [5.74, 6) is 0.623. The standard InChI is InChI=1S/C15H21ClN2O/c1-2-10-5-3-6-11(9-10)18-15(19)12-7-4-8-13(16)14(12)17/h4,7-8,10-11H,2-3,5-6,9,17H2,1H3,(H,18,19). The van der Waals surface area contributed by atoms with Crippen molar-refractivity contribution < 1.29 is 4.79 Å². The molecule has 3 nitrogen and oxygen atoms in total. The zero-order valence-electron chi connectivity index (χ0n) is 11.3. The fourth-order valence-electron chi connectivity index (χ4n) is 2.79. The van der Waals surface area contributed by atoms with E-state index in [1.807, 2.05) is 0 Å². The van der Waals surface area contributed by atoms with Gasteiger partial charge >= 0.3 is 0 Å². The van der Waals surface area contributed by atoms with Crippen molar-refractivity contribution in [2.75, 3.05) is 5.73 Å². The molecule has 0 spiro atoms. The van der Waals surface area contributed by atoms with Crippen molar-refractivity contribution in [3.63, 3.8) is 0 Å². The number of nitrogen functional groups attached to an aromatic ring is 1. The van der Waals surface area contributed by atoms with Gasteiger partial charge in [0.15, 0.2) is 0 Å². The molecule has 1 amide bonds. The SMILES string of the molecule is CCC1CCCC(NC(=O)c2cccc(Cl)c2N)C1. The van der Waals surface area contributed by atoms with Gasteiger partial charge in [0.25, 0.3) is 5.91 Å². The molecule has 0 saturated heterocycles.